The molecular weight excluding hydrogens is 1170 g/mol. The van der Waals surface area contributed by atoms with Gasteiger partial charge in [0.2, 0.25) is 17.8 Å². The van der Waals surface area contributed by atoms with Crippen molar-refractivity contribution < 1.29 is 90.6 Å². The van der Waals surface area contributed by atoms with Crippen molar-refractivity contribution in [1.82, 2.24) is 15.0 Å². The van der Waals surface area contributed by atoms with Crippen LogP contribution in [0.2, 0.25) is 0 Å². The van der Waals surface area contributed by atoms with Gasteiger partial charge in [0.05, 0.1) is 80.5 Å². The van der Waals surface area contributed by atoms with Gasteiger partial charge >= 0.3 is 10.4 Å². The van der Waals surface area contributed by atoms with E-state index >= 15 is 0 Å². The number of hydrogen-bond acceptors (Lipinski definition) is 32. The minimum atomic E-state index is -5.18. The third-order valence-electron chi connectivity index (χ3n) is 9.55. The Morgan fingerprint density at radius 1 is 0.662 bits per heavy atom. The number of phenols is 1. The average molecular weight is 1210 g/mol. The van der Waals surface area contributed by atoms with Crippen LogP contribution in [0.5, 0.6) is 5.75 Å². The summed E-state index contributed by atoms with van der Waals surface area (Å²) in [6.07, 6.45) is 0. The number of sulfone groups is 2. The zero-order valence-electron chi connectivity index (χ0n) is 38.7. The predicted octanol–water partition coefficient (Wildman–Crippen LogP) is 6.81. The maximum absolute atomic E-state index is 13.0. The van der Waals surface area contributed by atoms with Gasteiger partial charge in [-0.2, -0.15) is 53.8 Å². The number of aliphatic hydroxyl groups excluding tert-OH is 1. The van der Waals surface area contributed by atoms with Crippen LogP contribution >= 0.6 is 36.1 Å². The first-order valence-electron chi connectivity index (χ1n) is 21.0. The van der Waals surface area contributed by atoms with Gasteiger partial charge in [0, 0.05) is 29.4 Å². The highest BCUT2D eigenvalue weighted by Crippen LogP contribution is 2.49. The predicted molar refractivity (Wildman–Crippen MR) is 277 cm³/mol. The summed E-state index contributed by atoms with van der Waals surface area (Å²) in [5, 5.41) is 69.9. The third kappa shape index (κ3) is 17.7. The van der Waals surface area contributed by atoms with Gasteiger partial charge in [0.1, 0.15) is 16.3 Å². The van der Waals surface area contributed by atoms with Crippen LogP contribution in [-0.2, 0) is 67.3 Å². The summed E-state index contributed by atoms with van der Waals surface area (Å²) < 4.78 is 135. The Balaban J connectivity index is 1.30. The van der Waals surface area contributed by atoms with Crippen molar-refractivity contribution in [2.24, 2.45) is 20.5 Å². The van der Waals surface area contributed by atoms with E-state index in [4.69, 9.17) is 30.1 Å². The van der Waals surface area contributed by atoms with E-state index in [0.29, 0.717) is 30.1 Å². The number of hydrogen-bond donors (Lipinski definition) is 10. The monoisotopic (exact) mass is 1210 g/mol. The Morgan fingerprint density at radius 2 is 1.29 bits per heavy atom. The minimum Gasteiger partial charge on any atom is -0.505 e. The van der Waals surface area contributed by atoms with Crippen molar-refractivity contribution in [3.05, 3.63) is 84.9 Å². The number of nitrogens with one attached hydrogen (secondary N) is 3. The molecule has 0 radical (unpaired) electrons. The van der Waals surface area contributed by atoms with Crippen molar-refractivity contribution in [2.45, 2.75) is 19.6 Å². The number of fused-ring (bicyclic) bond motifs is 1. The molecular formula is C39H41N11O20S7. The number of nitrogens with two attached hydrogens (primary N) is 1. The van der Waals surface area contributed by atoms with Crippen molar-refractivity contribution in [2.75, 3.05) is 71.1 Å². The second-order valence-corrected chi connectivity index (χ2v) is 23.9. The third-order valence-corrected chi connectivity index (χ3v) is 16.2. The molecule has 0 amide bonds. The molecule has 0 aliphatic heterocycles. The summed E-state index contributed by atoms with van der Waals surface area (Å²) in [6, 6.07) is 18.4. The van der Waals surface area contributed by atoms with Crippen molar-refractivity contribution >= 4 is 145 Å². The zero-order valence-corrected chi connectivity index (χ0v) is 44.4. The smallest absolute Gasteiger partial charge is 0.397 e. The number of azo groups is 2. The summed E-state index contributed by atoms with van der Waals surface area (Å²) in [5.41, 5.74) is 5.67. The van der Waals surface area contributed by atoms with E-state index in [1.165, 1.54) is 66.4 Å². The number of aromatic hydroxyl groups is 1. The largest absolute Gasteiger partial charge is 0.505 e. The van der Waals surface area contributed by atoms with Gasteiger partial charge in [-0.25, -0.2) is 31.5 Å². The molecule has 414 valence electrons. The van der Waals surface area contributed by atoms with Gasteiger partial charge in [-0.1, -0.05) is 22.2 Å². The fraction of sp³-hybridized carbons (Fsp3) is 0.205. The van der Waals surface area contributed by atoms with E-state index in [1.807, 2.05) is 0 Å². The van der Waals surface area contributed by atoms with Gasteiger partial charge in [0.15, 0.2) is 37.7 Å². The van der Waals surface area contributed by atoms with Crippen LogP contribution in [0.25, 0.3) is 10.8 Å². The number of benzene rings is 5. The van der Waals surface area contributed by atoms with Gasteiger partial charge in [-0.3, -0.25) is 13.3 Å². The zero-order chi connectivity index (χ0) is 55.8. The maximum atomic E-state index is 13.0. The molecule has 31 nitrogen and oxygen atoms in total. The number of nitrogens with zero attached hydrogens (tertiary/aromatic N) is 7. The second kappa shape index (κ2) is 27.5. The van der Waals surface area contributed by atoms with Crippen LogP contribution in [0.1, 0.15) is 0 Å². The van der Waals surface area contributed by atoms with Gasteiger partial charge in [0.25, 0.3) is 10.1 Å². The molecule has 0 saturated heterocycles. The summed E-state index contributed by atoms with van der Waals surface area (Å²) in [4.78, 5) is 11.9. The number of phenolic OH excluding ortho intramolecular Hbond substituents is 1. The lowest BCUT2D eigenvalue weighted by Crippen LogP contribution is -2.15. The molecule has 0 saturated carbocycles. The number of anilines is 6. The van der Waals surface area contributed by atoms with E-state index in [0.717, 1.165) is 18.2 Å². The molecule has 77 heavy (non-hydrogen) atoms. The maximum Gasteiger partial charge on any atom is 0.397 e. The van der Waals surface area contributed by atoms with Crippen molar-refractivity contribution in [3.8, 4) is 5.75 Å². The molecule has 0 spiro atoms. The summed E-state index contributed by atoms with van der Waals surface area (Å²) in [7, 11) is -18.0. The molecule has 0 bridgehead atoms. The van der Waals surface area contributed by atoms with E-state index in [1.54, 1.807) is 12.1 Å². The van der Waals surface area contributed by atoms with E-state index < -0.39 is 74.6 Å². The molecule has 6 rings (SSSR count). The van der Waals surface area contributed by atoms with Gasteiger partial charge in [-0.05, 0) is 78.2 Å². The molecule has 38 heteroatoms. The molecule has 1 heterocycles. The van der Waals surface area contributed by atoms with Crippen molar-refractivity contribution in [3.63, 3.8) is 0 Å². The molecule has 1 aromatic heterocycles. The van der Waals surface area contributed by atoms with Crippen LogP contribution in [-0.4, -0.2) is 128 Å². The Bertz CT molecular complexity index is 3570. The van der Waals surface area contributed by atoms with Gasteiger partial charge in [-0.15, -0.1) is 18.9 Å². The molecule has 6 aromatic rings. The molecule has 0 aliphatic carbocycles. The van der Waals surface area contributed by atoms with Crippen LogP contribution in [0.3, 0.4) is 0 Å². The molecule has 0 fully saturated rings. The molecule has 0 unspecified atom stereocenters. The standard InChI is InChI=1S/C39H41N11O20S7/c40-33-32-23(19-30(72-69-67-53)34(33)49-47-24-7-9-28(10-8-24)74(55,56)18-14-66-77(62,63)64)20-31(76(59,60)61)35(36(32)52)50-48-27-5-1-3-25(21-27)42-38-44-37(41-11-15-71-16-12-51)45-39(46-38)43-26-4-2-6-29(22-26)75(57,58)17-13-65-73-70-68-54/h1-10,19-22,51-54H,11-18,40H2,(H,59,60,61)(H,62,63,64)(H3,41,42,43,44,45,46)/b49-47+,50-48+. The quantitative estimate of drug-likeness (QED) is 0.00421. The Morgan fingerprint density at radius 3 is 1.95 bits per heavy atom. The molecule has 0 atom stereocenters. The molecule has 11 N–H and O–H groups in total. The van der Waals surface area contributed by atoms with Gasteiger partial charge < -0.3 is 31.9 Å². The number of nitrogen functional groups attached to an aromatic ring is 1. The highest BCUT2D eigenvalue weighted by atomic mass is 32.3. The fourth-order valence-corrected chi connectivity index (χ4v) is 11.0. The first-order valence-corrected chi connectivity index (χ1v) is 29.7. The first-order chi connectivity index (χ1) is 36.6. The van der Waals surface area contributed by atoms with Crippen LogP contribution in [0.4, 0.5) is 57.7 Å². The summed E-state index contributed by atoms with van der Waals surface area (Å²) >= 11 is 2.00. The second-order valence-electron chi connectivity index (χ2n) is 14.7. The van der Waals surface area contributed by atoms with Crippen LogP contribution in [0, 0.1) is 0 Å². The number of rotatable bonds is 30. The number of aromatic nitrogens is 3. The van der Waals surface area contributed by atoms with E-state index in [2.05, 4.69) is 74.3 Å². The lowest BCUT2D eigenvalue weighted by molar-refractivity contribution is -0.434. The van der Waals surface area contributed by atoms with Crippen LogP contribution < -0.4 is 21.7 Å². The van der Waals surface area contributed by atoms with Crippen LogP contribution in [0.15, 0.2) is 125 Å². The van der Waals surface area contributed by atoms with E-state index in [-0.39, 0.29) is 103 Å². The topological polar surface area (TPSA) is 464 Å². The lowest BCUT2D eigenvalue weighted by atomic mass is 10.1. The van der Waals surface area contributed by atoms with E-state index in [9.17, 15) is 43.3 Å². The number of aliphatic hydroxyl groups is 1. The normalized spacial score (nSPS) is 12.5. The number of thioether (sulfide) groups is 1. The fourth-order valence-electron chi connectivity index (χ4n) is 6.29. The molecule has 5 aromatic carbocycles. The Labute approximate surface area is 449 Å². The summed E-state index contributed by atoms with van der Waals surface area (Å²) in [5.74, 6) is -1.13. The molecule has 0 aliphatic rings. The first kappa shape index (κ1) is 60.2. The highest BCUT2D eigenvalue weighted by molar-refractivity contribution is 7.99. The Hall–Kier alpha value is -6.02. The highest BCUT2D eigenvalue weighted by Gasteiger charge is 2.26. The SMILES string of the molecule is Nc1c(/N=N/c2ccc(S(=O)(=O)CCOS(=O)(=O)O)cc2)c(SOOO)cc2cc(S(=O)(=O)O)c(/N=N/c3cccc(Nc4nc(NCCSCCO)nc(Nc5cccc(S(=O)(=O)CCOSOOO)c5)n4)c3)c(O)c12. The van der Waals surface area contributed by atoms with Crippen molar-refractivity contribution in [1.29, 1.82) is 0 Å². The Kier molecular flexibility index (Phi) is 21.5. The lowest BCUT2D eigenvalue weighted by Gasteiger charge is -2.14. The average Bonchev–Trinajstić information content (AvgIpc) is 3.40. The summed E-state index contributed by atoms with van der Waals surface area (Å²) in [6.45, 7) is -0.844. The minimum absolute atomic E-state index is 0.0214.